The molecule has 0 radical (unpaired) electrons. The maximum Gasteiger partial charge on any atom is 0.0108 e. The molecule has 1 aliphatic heterocycles. The molecule has 0 saturated carbocycles. The van der Waals surface area contributed by atoms with Crippen molar-refractivity contribution in [2.75, 3.05) is 32.7 Å². The molecule has 1 aromatic rings. The second-order valence-electron chi connectivity index (χ2n) is 4.33. The first-order valence-electron chi connectivity index (χ1n) is 5.83. The van der Waals surface area contributed by atoms with Crippen LogP contribution < -0.4 is 5.32 Å². The summed E-state index contributed by atoms with van der Waals surface area (Å²) in [7, 11) is 0. The van der Waals surface area contributed by atoms with Gasteiger partial charge in [-0.05, 0) is 18.9 Å². The van der Waals surface area contributed by atoms with E-state index in [1.807, 2.05) is 0 Å². The Morgan fingerprint density at radius 2 is 1.80 bits per heavy atom. The second-order valence-corrected chi connectivity index (χ2v) is 4.33. The molecule has 1 aliphatic rings. The highest BCUT2D eigenvalue weighted by molar-refractivity contribution is 5.21. The SMILES string of the molecule is Cc1ccc(CCN2CCNCC2)cc1. The molecule has 2 nitrogen and oxygen atoms in total. The van der Waals surface area contributed by atoms with Crippen LogP contribution >= 0.6 is 0 Å². The first kappa shape index (κ1) is 10.7. The molecule has 15 heavy (non-hydrogen) atoms. The quantitative estimate of drug-likeness (QED) is 0.801. The van der Waals surface area contributed by atoms with Crippen molar-refractivity contribution in [2.24, 2.45) is 0 Å². The van der Waals surface area contributed by atoms with E-state index in [4.69, 9.17) is 0 Å². The van der Waals surface area contributed by atoms with Gasteiger partial charge in [-0.15, -0.1) is 0 Å². The molecular formula is C13H20N2. The third-order valence-electron chi connectivity index (χ3n) is 3.05. The molecule has 0 spiro atoms. The van der Waals surface area contributed by atoms with Gasteiger partial charge in [0.2, 0.25) is 0 Å². The topological polar surface area (TPSA) is 15.3 Å². The monoisotopic (exact) mass is 204 g/mol. The van der Waals surface area contributed by atoms with Gasteiger partial charge in [-0.25, -0.2) is 0 Å². The Morgan fingerprint density at radius 1 is 1.13 bits per heavy atom. The van der Waals surface area contributed by atoms with Crippen LogP contribution in [0.25, 0.3) is 0 Å². The number of benzene rings is 1. The Bertz CT molecular complexity index is 286. The smallest absolute Gasteiger partial charge is 0.0108 e. The summed E-state index contributed by atoms with van der Waals surface area (Å²) in [6.45, 7) is 8.03. The minimum atomic E-state index is 1.15. The van der Waals surface area contributed by atoms with Crippen LogP contribution in [-0.2, 0) is 6.42 Å². The van der Waals surface area contributed by atoms with Crippen LogP contribution in [0.1, 0.15) is 11.1 Å². The molecule has 1 fully saturated rings. The highest BCUT2D eigenvalue weighted by atomic mass is 15.2. The average Bonchev–Trinajstić information content (AvgIpc) is 2.30. The molecule has 2 rings (SSSR count). The zero-order valence-corrected chi connectivity index (χ0v) is 9.50. The lowest BCUT2D eigenvalue weighted by Gasteiger charge is -2.27. The molecule has 0 bridgehead atoms. The molecule has 82 valence electrons. The molecule has 0 aromatic heterocycles. The van der Waals surface area contributed by atoms with Crippen molar-refractivity contribution in [3.05, 3.63) is 35.4 Å². The average molecular weight is 204 g/mol. The van der Waals surface area contributed by atoms with Gasteiger partial charge in [-0.2, -0.15) is 0 Å². The number of piperazine rings is 1. The van der Waals surface area contributed by atoms with Gasteiger partial charge in [-0.3, -0.25) is 0 Å². The third-order valence-corrected chi connectivity index (χ3v) is 3.05. The molecule has 0 unspecified atom stereocenters. The number of nitrogens with one attached hydrogen (secondary N) is 1. The van der Waals surface area contributed by atoms with Crippen molar-refractivity contribution < 1.29 is 0 Å². The van der Waals surface area contributed by atoms with E-state index in [9.17, 15) is 0 Å². The van der Waals surface area contributed by atoms with Crippen molar-refractivity contribution in [3.8, 4) is 0 Å². The fourth-order valence-electron chi connectivity index (χ4n) is 1.98. The van der Waals surface area contributed by atoms with Crippen LogP contribution in [0.5, 0.6) is 0 Å². The lowest BCUT2D eigenvalue weighted by atomic mass is 10.1. The number of hydrogen-bond acceptors (Lipinski definition) is 2. The number of rotatable bonds is 3. The van der Waals surface area contributed by atoms with E-state index in [1.54, 1.807) is 0 Å². The van der Waals surface area contributed by atoms with E-state index in [1.165, 1.54) is 37.2 Å². The van der Waals surface area contributed by atoms with Crippen molar-refractivity contribution in [2.45, 2.75) is 13.3 Å². The fourth-order valence-corrected chi connectivity index (χ4v) is 1.98. The lowest BCUT2D eigenvalue weighted by molar-refractivity contribution is 0.244. The first-order chi connectivity index (χ1) is 7.34. The summed E-state index contributed by atoms with van der Waals surface area (Å²) in [6, 6.07) is 8.90. The molecule has 0 aliphatic carbocycles. The van der Waals surface area contributed by atoms with E-state index in [0.29, 0.717) is 0 Å². The molecule has 0 amide bonds. The van der Waals surface area contributed by atoms with Gasteiger partial charge in [0, 0.05) is 32.7 Å². The van der Waals surface area contributed by atoms with Crippen molar-refractivity contribution in [3.63, 3.8) is 0 Å². The second kappa shape index (κ2) is 5.29. The van der Waals surface area contributed by atoms with Gasteiger partial charge in [0.1, 0.15) is 0 Å². The number of hydrogen-bond donors (Lipinski definition) is 1. The van der Waals surface area contributed by atoms with E-state index in [0.717, 1.165) is 13.1 Å². The molecule has 2 heteroatoms. The van der Waals surface area contributed by atoms with Crippen molar-refractivity contribution in [1.29, 1.82) is 0 Å². The summed E-state index contributed by atoms with van der Waals surface area (Å²) >= 11 is 0. The van der Waals surface area contributed by atoms with Crippen molar-refractivity contribution in [1.82, 2.24) is 10.2 Å². The Balaban J connectivity index is 1.79. The first-order valence-corrected chi connectivity index (χ1v) is 5.83. The Kier molecular flexibility index (Phi) is 3.75. The fraction of sp³-hybridized carbons (Fsp3) is 0.538. The molecule has 1 aromatic carbocycles. The summed E-state index contributed by atoms with van der Waals surface area (Å²) in [4.78, 5) is 2.54. The normalized spacial score (nSPS) is 17.9. The zero-order valence-electron chi connectivity index (χ0n) is 9.50. The standard InChI is InChI=1S/C13H20N2/c1-12-2-4-13(5-3-12)6-9-15-10-7-14-8-11-15/h2-5,14H,6-11H2,1H3. The Morgan fingerprint density at radius 3 is 2.47 bits per heavy atom. The number of aryl methyl sites for hydroxylation is 1. The minimum absolute atomic E-state index is 1.15. The summed E-state index contributed by atoms with van der Waals surface area (Å²) in [5, 5.41) is 3.38. The van der Waals surface area contributed by atoms with Gasteiger partial charge in [0.25, 0.3) is 0 Å². The summed E-state index contributed by atoms with van der Waals surface area (Å²) in [5.74, 6) is 0. The third kappa shape index (κ3) is 3.33. The molecule has 0 atom stereocenters. The summed E-state index contributed by atoms with van der Waals surface area (Å²) in [6.07, 6.45) is 1.18. The van der Waals surface area contributed by atoms with E-state index < -0.39 is 0 Å². The predicted octanol–water partition coefficient (Wildman–Crippen LogP) is 1.44. The van der Waals surface area contributed by atoms with Crippen LogP contribution in [0.4, 0.5) is 0 Å². The zero-order chi connectivity index (χ0) is 10.5. The van der Waals surface area contributed by atoms with Crippen LogP contribution in [0.2, 0.25) is 0 Å². The van der Waals surface area contributed by atoms with Crippen LogP contribution in [0, 0.1) is 6.92 Å². The molecule has 1 heterocycles. The lowest BCUT2D eigenvalue weighted by Crippen LogP contribution is -2.44. The molecular weight excluding hydrogens is 184 g/mol. The molecule has 1 N–H and O–H groups in total. The largest absolute Gasteiger partial charge is 0.314 e. The van der Waals surface area contributed by atoms with Crippen molar-refractivity contribution >= 4 is 0 Å². The maximum atomic E-state index is 3.38. The minimum Gasteiger partial charge on any atom is -0.314 e. The van der Waals surface area contributed by atoms with E-state index >= 15 is 0 Å². The van der Waals surface area contributed by atoms with Crippen LogP contribution in [0.15, 0.2) is 24.3 Å². The predicted molar refractivity (Wildman–Crippen MR) is 64.2 cm³/mol. The van der Waals surface area contributed by atoms with E-state index in [-0.39, 0.29) is 0 Å². The Hall–Kier alpha value is -0.860. The van der Waals surface area contributed by atoms with Gasteiger partial charge in [-0.1, -0.05) is 29.8 Å². The van der Waals surface area contributed by atoms with Gasteiger partial charge < -0.3 is 10.2 Å². The van der Waals surface area contributed by atoms with Crippen LogP contribution in [-0.4, -0.2) is 37.6 Å². The van der Waals surface area contributed by atoms with Gasteiger partial charge in [0.15, 0.2) is 0 Å². The highest BCUT2D eigenvalue weighted by Crippen LogP contribution is 2.05. The molecule has 1 saturated heterocycles. The van der Waals surface area contributed by atoms with Crippen LogP contribution in [0.3, 0.4) is 0 Å². The van der Waals surface area contributed by atoms with Gasteiger partial charge >= 0.3 is 0 Å². The summed E-state index contributed by atoms with van der Waals surface area (Å²) < 4.78 is 0. The highest BCUT2D eigenvalue weighted by Gasteiger charge is 2.08. The summed E-state index contributed by atoms with van der Waals surface area (Å²) in [5.41, 5.74) is 2.81. The Labute approximate surface area is 92.3 Å². The number of nitrogens with zero attached hydrogens (tertiary/aromatic N) is 1. The van der Waals surface area contributed by atoms with Gasteiger partial charge in [0.05, 0.1) is 0 Å². The maximum absolute atomic E-state index is 3.38. The van der Waals surface area contributed by atoms with E-state index in [2.05, 4.69) is 41.4 Å².